The van der Waals surface area contributed by atoms with Crippen molar-refractivity contribution < 1.29 is 89.7 Å². The van der Waals surface area contributed by atoms with Crippen LogP contribution in [-0.4, -0.2) is 56.2 Å². The lowest BCUT2D eigenvalue weighted by Gasteiger charge is -2.26. The summed E-state index contributed by atoms with van der Waals surface area (Å²) in [6, 6.07) is 16.6. The Kier molecular flexibility index (Phi) is 9.92. The highest BCUT2D eigenvalue weighted by atomic mass is 19.2. The number of benzene rings is 7. The molecule has 10 rings (SSSR count). The summed E-state index contributed by atoms with van der Waals surface area (Å²) >= 11 is 0. The molecule has 0 spiro atoms. The molecule has 0 aromatic heterocycles. The first-order valence-corrected chi connectivity index (χ1v) is 20.0. The second-order valence-electron chi connectivity index (χ2n) is 15.6. The van der Waals surface area contributed by atoms with E-state index in [4.69, 9.17) is 14.2 Å². The standard InChI is InChI=1S/C50H22F6O13/c51-37-27-19-9-3-1-7-17(19)15-23(27)31(39(53)41(37)55)33-34(32-24-16-18-8-2-4-10-20(18)28(24)38(52)42(56)40(32)54)43(67-25-13-5-11-21(45(57)58)29(25)47(61)62)44(36-35(33)49(65)69-50(36)66)68-26-14-6-12-22(46(59)60)30(26)48(63)64/h1-14H,15-16H2,(H,57,58)(H,59,60)(H,61,62)(H,63,64). The molecule has 0 saturated heterocycles. The van der Waals surface area contributed by atoms with E-state index in [0.29, 0.717) is 0 Å². The smallest absolute Gasteiger partial charge is 0.350 e. The number of hydrogen-bond donors (Lipinski definition) is 4. The zero-order valence-corrected chi connectivity index (χ0v) is 34.2. The van der Waals surface area contributed by atoms with E-state index in [9.17, 15) is 49.2 Å². The Labute approximate surface area is 380 Å². The molecule has 0 amide bonds. The number of hydrogen-bond acceptors (Lipinski definition) is 9. The first-order chi connectivity index (χ1) is 32.9. The highest BCUT2D eigenvalue weighted by Crippen LogP contribution is 2.60. The van der Waals surface area contributed by atoms with Crippen molar-refractivity contribution >= 4 is 35.8 Å². The Balaban J connectivity index is 1.47. The summed E-state index contributed by atoms with van der Waals surface area (Å²) in [6.07, 6.45) is -0.981. The number of carboxylic acids is 4. The van der Waals surface area contributed by atoms with Gasteiger partial charge in [-0.3, -0.25) is 0 Å². The summed E-state index contributed by atoms with van der Waals surface area (Å²) in [4.78, 5) is 79.0. The second kappa shape index (κ2) is 15.7. The van der Waals surface area contributed by atoms with E-state index in [1.165, 1.54) is 48.5 Å². The monoisotopic (exact) mass is 944 g/mol. The van der Waals surface area contributed by atoms with Crippen LogP contribution in [0.5, 0.6) is 23.0 Å². The fourth-order valence-electron chi connectivity index (χ4n) is 9.29. The molecule has 7 aromatic rings. The van der Waals surface area contributed by atoms with Crippen LogP contribution in [0.4, 0.5) is 26.3 Å². The zero-order valence-electron chi connectivity index (χ0n) is 34.2. The van der Waals surface area contributed by atoms with E-state index in [2.05, 4.69) is 0 Å². The van der Waals surface area contributed by atoms with Crippen molar-refractivity contribution in [1.82, 2.24) is 0 Å². The van der Waals surface area contributed by atoms with E-state index in [0.717, 1.165) is 36.4 Å². The maximum Gasteiger partial charge on any atom is 0.350 e. The first kappa shape index (κ1) is 43.6. The predicted octanol–water partition coefficient (Wildman–Crippen LogP) is 10.7. The van der Waals surface area contributed by atoms with E-state index in [1.807, 2.05) is 0 Å². The number of ether oxygens (including phenoxy) is 3. The van der Waals surface area contributed by atoms with Crippen LogP contribution in [0.15, 0.2) is 84.9 Å². The third-order valence-corrected chi connectivity index (χ3v) is 12.0. The molecular formula is C50H22F6O13. The summed E-state index contributed by atoms with van der Waals surface area (Å²) in [6.45, 7) is 0. The minimum Gasteiger partial charge on any atom is -0.478 e. The third kappa shape index (κ3) is 6.34. The molecule has 0 atom stereocenters. The molecule has 13 nitrogen and oxygen atoms in total. The van der Waals surface area contributed by atoms with Gasteiger partial charge in [-0.1, -0.05) is 60.7 Å². The van der Waals surface area contributed by atoms with Crippen molar-refractivity contribution in [2.24, 2.45) is 0 Å². The first-order valence-electron chi connectivity index (χ1n) is 20.0. The molecule has 2 aliphatic carbocycles. The van der Waals surface area contributed by atoms with Gasteiger partial charge in [0.2, 0.25) is 0 Å². The van der Waals surface area contributed by atoms with Crippen molar-refractivity contribution in [1.29, 1.82) is 0 Å². The number of esters is 2. The van der Waals surface area contributed by atoms with Gasteiger partial charge in [0, 0.05) is 33.4 Å². The Morgan fingerprint density at radius 1 is 0.420 bits per heavy atom. The van der Waals surface area contributed by atoms with Gasteiger partial charge in [0.15, 0.2) is 46.4 Å². The number of cyclic esters (lactones) is 2. The summed E-state index contributed by atoms with van der Waals surface area (Å²) < 4.78 is 118. The fourth-order valence-corrected chi connectivity index (χ4v) is 9.29. The molecule has 69 heavy (non-hydrogen) atoms. The van der Waals surface area contributed by atoms with Gasteiger partial charge in [0.1, 0.15) is 28.2 Å². The van der Waals surface area contributed by atoms with Gasteiger partial charge in [0.25, 0.3) is 0 Å². The molecule has 3 aliphatic rings. The fraction of sp³-hybridized carbons (Fsp3) is 0.0400. The van der Waals surface area contributed by atoms with Crippen molar-refractivity contribution in [3.63, 3.8) is 0 Å². The normalized spacial score (nSPS) is 12.7. The lowest BCUT2D eigenvalue weighted by atomic mass is 9.81. The number of carbonyl (C=O) groups excluding carboxylic acids is 2. The lowest BCUT2D eigenvalue weighted by molar-refractivity contribution is 0.0440. The number of carboxylic acid groups (broad SMARTS) is 4. The van der Waals surface area contributed by atoms with E-state index >= 15 is 26.3 Å². The topological polar surface area (TPSA) is 211 Å². The molecule has 0 saturated carbocycles. The largest absolute Gasteiger partial charge is 0.478 e. The molecule has 342 valence electrons. The Morgan fingerprint density at radius 2 is 0.812 bits per heavy atom. The summed E-state index contributed by atoms with van der Waals surface area (Å²) in [5.74, 6) is -27.9. The number of rotatable bonds is 10. The average Bonchev–Trinajstić information content (AvgIpc) is 3.99. The minimum atomic E-state index is -2.22. The van der Waals surface area contributed by atoms with E-state index in [-0.39, 0.29) is 22.3 Å². The van der Waals surface area contributed by atoms with Crippen LogP contribution in [0.1, 0.15) is 84.4 Å². The molecule has 19 heteroatoms. The van der Waals surface area contributed by atoms with Gasteiger partial charge < -0.3 is 34.6 Å². The SMILES string of the molecule is O=C(O)c1cccc(Oc2c(Oc3cccc(C(=O)O)c3C(=O)O)c(-c3c(F)c(F)c(F)c4c3Cc3ccccc3-4)c(-c3c(F)c(F)c(F)c4c3Cc3ccccc3-4)c3c2C(=O)OC3=O)c1C(=O)O. The number of carbonyl (C=O) groups is 6. The van der Waals surface area contributed by atoms with Gasteiger partial charge in [-0.2, -0.15) is 0 Å². The molecular weight excluding hydrogens is 923 g/mol. The Morgan fingerprint density at radius 3 is 1.25 bits per heavy atom. The molecule has 0 bridgehead atoms. The minimum absolute atomic E-state index is 0.00451. The highest BCUT2D eigenvalue weighted by molar-refractivity contribution is 6.23. The van der Waals surface area contributed by atoms with E-state index < -0.39 is 184 Å². The van der Waals surface area contributed by atoms with Gasteiger partial charge in [-0.15, -0.1) is 0 Å². The Bertz CT molecular complexity index is 3620. The van der Waals surface area contributed by atoms with Crippen LogP contribution in [0.3, 0.4) is 0 Å². The third-order valence-electron chi connectivity index (χ3n) is 12.0. The number of aromatic carboxylic acids is 4. The number of halogens is 6. The van der Waals surface area contributed by atoms with Crippen molar-refractivity contribution in [3.8, 4) is 67.5 Å². The molecule has 0 radical (unpaired) electrons. The van der Waals surface area contributed by atoms with Crippen LogP contribution in [0.25, 0.3) is 44.5 Å². The van der Waals surface area contributed by atoms with E-state index in [1.54, 1.807) is 0 Å². The van der Waals surface area contributed by atoms with Gasteiger partial charge in [0.05, 0.1) is 16.7 Å². The molecule has 4 N–H and O–H groups in total. The summed E-state index contributed by atoms with van der Waals surface area (Å²) in [5, 5.41) is 40.8. The molecule has 0 unspecified atom stereocenters. The second-order valence-corrected chi connectivity index (χ2v) is 15.6. The van der Waals surface area contributed by atoms with Crippen LogP contribution in [-0.2, 0) is 17.6 Å². The van der Waals surface area contributed by atoms with Gasteiger partial charge in [-0.25, -0.2) is 55.1 Å². The average molecular weight is 945 g/mol. The highest BCUT2D eigenvalue weighted by Gasteiger charge is 2.47. The maximum atomic E-state index is 17.5. The van der Waals surface area contributed by atoms with Crippen molar-refractivity contribution in [2.45, 2.75) is 12.8 Å². The van der Waals surface area contributed by atoms with Gasteiger partial charge >= 0.3 is 35.8 Å². The van der Waals surface area contributed by atoms with Crippen molar-refractivity contribution in [3.05, 3.63) is 175 Å². The zero-order chi connectivity index (χ0) is 49.1. The molecule has 1 heterocycles. The summed E-state index contributed by atoms with van der Waals surface area (Å²) in [7, 11) is 0. The van der Waals surface area contributed by atoms with Crippen molar-refractivity contribution in [2.75, 3.05) is 0 Å². The predicted molar refractivity (Wildman–Crippen MR) is 224 cm³/mol. The molecule has 7 aromatic carbocycles. The number of fused-ring (bicyclic) bond motifs is 7. The molecule has 1 aliphatic heterocycles. The van der Waals surface area contributed by atoms with Crippen LogP contribution in [0, 0.1) is 34.9 Å². The van der Waals surface area contributed by atoms with Crippen LogP contribution < -0.4 is 9.47 Å². The summed E-state index contributed by atoms with van der Waals surface area (Å²) in [5.41, 5.74) is -12.9. The quantitative estimate of drug-likeness (QED) is 0.0436. The Hall–Kier alpha value is -9.26. The van der Waals surface area contributed by atoms with Gasteiger partial charge in [-0.05, 0) is 70.5 Å². The maximum absolute atomic E-state index is 17.5. The lowest BCUT2D eigenvalue weighted by Crippen LogP contribution is -2.14. The van der Waals surface area contributed by atoms with Crippen LogP contribution in [0.2, 0.25) is 0 Å². The molecule has 0 fully saturated rings. The van der Waals surface area contributed by atoms with Crippen LogP contribution >= 0.6 is 0 Å².